The van der Waals surface area contributed by atoms with Gasteiger partial charge in [0.2, 0.25) is 5.88 Å². The van der Waals surface area contributed by atoms with Gasteiger partial charge in [-0.1, -0.05) is 64.5 Å². The van der Waals surface area contributed by atoms with Crippen LogP contribution in [0.4, 0.5) is 5.69 Å². The standard InChI is InChI=1S/C23H19BrN2O3/c1-15-11-18(24)12-19-21(25-28)23(27)26(22(15)19)13-17-9-5-6-10-20(17)29-14-16-7-3-2-4-8-16/h2-12,27H,13-14H2,1H3. The molecule has 0 aliphatic heterocycles. The zero-order valence-electron chi connectivity index (χ0n) is 15.8. The Morgan fingerprint density at radius 1 is 1.07 bits per heavy atom. The Hall–Kier alpha value is -3.12. The zero-order valence-corrected chi connectivity index (χ0v) is 17.4. The Morgan fingerprint density at radius 3 is 2.55 bits per heavy atom. The third-order valence-corrected chi connectivity index (χ3v) is 5.35. The monoisotopic (exact) mass is 450 g/mol. The van der Waals surface area contributed by atoms with Crippen molar-refractivity contribution in [3.63, 3.8) is 0 Å². The number of halogens is 1. The Kier molecular flexibility index (Phi) is 5.36. The molecule has 4 rings (SSSR count). The molecule has 29 heavy (non-hydrogen) atoms. The van der Waals surface area contributed by atoms with Gasteiger partial charge >= 0.3 is 0 Å². The molecular weight excluding hydrogens is 432 g/mol. The maximum absolute atomic E-state index is 11.4. The summed E-state index contributed by atoms with van der Waals surface area (Å²) in [5, 5.41) is 14.4. The van der Waals surface area contributed by atoms with E-state index in [2.05, 4.69) is 21.1 Å². The molecule has 0 unspecified atom stereocenters. The molecule has 0 aliphatic carbocycles. The van der Waals surface area contributed by atoms with Crippen molar-refractivity contribution in [1.82, 2.24) is 4.57 Å². The number of nitroso groups, excluding NO2 is 1. The summed E-state index contributed by atoms with van der Waals surface area (Å²) < 4.78 is 8.58. The van der Waals surface area contributed by atoms with Crippen molar-refractivity contribution in [2.45, 2.75) is 20.1 Å². The van der Waals surface area contributed by atoms with Gasteiger partial charge in [0.15, 0.2) is 5.69 Å². The third-order valence-electron chi connectivity index (χ3n) is 4.89. The van der Waals surface area contributed by atoms with Crippen molar-refractivity contribution in [2.24, 2.45) is 5.18 Å². The largest absolute Gasteiger partial charge is 0.493 e. The molecule has 0 radical (unpaired) electrons. The van der Waals surface area contributed by atoms with Crippen molar-refractivity contribution >= 4 is 32.5 Å². The molecule has 5 nitrogen and oxygen atoms in total. The van der Waals surface area contributed by atoms with E-state index in [1.807, 2.05) is 67.6 Å². The molecule has 146 valence electrons. The first-order valence-corrected chi connectivity index (χ1v) is 9.97. The Balaban J connectivity index is 1.73. The Morgan fingerprint density at radius 2 is 1.79 bits per heavy atom. The summed E-state index contributed by atoms with van der Waals surface area (Å²) in [7, 11) is 0. The summed E-state index contributed by atoms with van der Waals surface area (Å²) in [4.78, 5) is 11.4. The highest BCUT2D eigenvalue weighted by Crippen LogP contribution is 2.42. The lowest BCUT2D eigenvalue weighted by atomic mass is 10.1. The lowest BCUT2D eigenvalue weighted by Crippen LogP contribution is -2.04. The highest BCUT2D eigenvalue weighted by atomic mass is 79.9. The second kappa shape index (κ2) is 8.09. The van der Waals surface area contributed by atoms with E-state index in [0.717, 1.165) is 32.4 Å². The summed E-state index contributed by atoms with van der Waals surface area (Å²) >= 11 is 3.45. The van der Waals surface area contributed by atoms with Crippen LogP contribution in [0.3, 0.4) is 0 Å². The van der Waals surface area contributed by atoms with E-state index in [1.54, 1.807) is 10.6 Å². The number of benzene rings is 3. The SMILES string of the molecule is Cc1cc(Br)cc2c(N=O)c(O)n(Cc3ccccc3OCc3ccccc3)c12. The Labute approximate surface area is 176 Å². The maximum atomic E-state index is 11.4. The number of rotatable bonds is 6. The summed E-state index contributed by atoms with van der Waals surface area (Å²) in [5.74, 6) is 0.585. The number of hydrogen-bond acceptors (Lipinski definition) is 4. The van der Waals surface area contributed by atoms with Crippen LogP contribution in [0, 0.1) is 11.8 Å². The number of fused-ring (bicyclic) bond motifs is 1. The zero-order chi connectivity index (χ0) is 20.4. The highest BCUT2D eigenvalue weighted by Gasteiger charge is 2.20. The van der Waals surface area contributed by atoms with E-state index in [-0.39, 0.29) is 11.6 Å². The second-order valence-corrected chi connectivity index (χ2v) is 7.77. The summed E-state index contributed by atoms with van der Waals surface area (Å²) in [5.41, 5.74) is 3.73. The van der Waals surface area contributed by atoms with Gasteiger partial charge in [-0.05, 0) is 41.4 Å². The molecular formula is C23H19BrN2O3. The summed E-state index contributed by atoms with van der Waals surface area (Å²) in [6, 6.07) is 21.4. The van der Waals surface area contributed by atoms with Crippen LogP contribution in [-0.2, 0) is 13.2 Å². The number of aromatic hydroxyl groups is 1. The van der Waals surface area contributed by atoms with E-state index in [0.29, 0.717) is 18.5 Å². The van der Waals surface area contributed by atoms with Crippen molar-refractivity contribution < 1.29 is 9.84 Å². The molecule has 1 heterocycles. The van der Waals surface area contributed by atoms with E-state index in [1.165, 1.54) is 0 Å². The highest BCUT2D eigenvalue weighted by molar-refractivity contribution is 9.10. The van der Waals surface area contributed by atoms with Crippen molar-refractivity contribution in [3.05, 3.63) is 92.8 Å². The fourth-order valence-corrected chi connectivity index (χ4v) is 4.13. The quantitative estimate of drug-likeness (QED) is 0.343. The fraction of sp³-hybridized carbons (Fsp3) is 0.130. The first-order chi connectivity index (χ1) is 14.1. The van der Waals surface area contributed by atoms with Crippen LogP contribution in [0.25, 0.3) is 10.9 Å². The molecule has 0 saturated heterocycles. The molecule has 0 fully saturated rings. The molecule has 0 amide bonds. The summed E-state index contributed by atoms with van der Waals surface area (Å²) in [6.45, 7) is 2.74. The minimum Gasteiger partial charge on any atom is -0.493 e. The summed E-state index contributed by atoms with van der Waals surface area (Å²) in [6.07, 6.45) is 0. The first-order valence-electron chi connectivity index (χ1n) is 9.17. The maximum Gasteiger partial charge on any atom is 0.222 e. The molecule has 0 spiro atoms. The smallest absolute Gasteiger partial charge is 0.222 e. The molecule has 4 aromatic rings. The van der Waals surface area contributed by atoms with Crippen LogP contribution in [0.1, 0.15) is 16.7 Å². The van der Waals surface area contributed by atoms with Gasteiger partial charge in [-0.3, -0.25) is 0 Å². The topological polar surface area (TPSA) is 63.8 Å². The van der Waals surface area contributed by atoms with Crippen LogP contribution in [0.15, 0.2) is 76.4 Å². The average molecular weight is 451 g/mol. The molecule has 0 bridgehead atoms. The lowest BCUT2D eigenvalue weighted by molar-refractivity contribution is 0.302. The second-order valence-electron chi connectivity index (χ2n) is 6.85. The number of aromatic nitrogens is 1. The molecule has 3 aromatic carbocycles. The average Bonchev–Trinajstić information content (AvgIpc) is 2.99. The van der Waals surface area contributed by atoms with Gasteiger partial charge in [0.25, 0.3) is 0 Å². The molecule has 1 N–H and O–H groups in total. The molecule has 0 saturated carbocycles. The van der Waals surface area contributed by atoms with Gasteiger partial charge in [0.1, 0.15) is 12.4 Å². The van der Waals surface area contributed by atoms with Crippen molar-refractivity contribution in [3.8, 4) is 11.6 Å². The van der Waals surface area contributed by atoms with Gasteiger partial charge in [0.05, 0.1) is 12.1 Å². The van der Waals surface area contributed by atoms with Crippen molar-refractivity contribution in [1.29, 1.82) is 0 Å². The molecule has 1 aromatic heterocycles. The van der Waals surface area contributed by atoms with Crippen molar-refractivity contribution in [2.75, 3.05) is 0 Å². The number of aryl methyl sites for hydroxylation is 1. The molecule has 0 atom stereocenters. The minimum atomic E-state index is -0.144. The number of para-hydroxylation sites is 1. The molecule has 6 heteroatoms. The predicted octanol–water partition coefficient (Wildman–Crippen LogP) is 6.44. The minimum absolute atomic E-state index is 0.0482. The van der Waals surface area contributed by atoms with E-state index < -0.39 is 0 Å². The Bertz CT molecular complexity index is 1190. The van der Waals surface area contributed by atoms with E-state index in [4.69, 9.17) is 4.74 Å². The van der Waals surface area contributed by atoms with Crippen LogP contribution >= 0.6 is 15.9 Å². The van der Waals surface area contributed by atoms with Crippen LogP contribution in [0.5, 0.6) is 11.6 Å². The number of ether oxygens (including phenoxy) is 1. The normalized spacial score (nSPS) is 11.0. The number of hydrogen-bond donors (Lipinski definition) is 1. The van der Waals surface area contributed by atoms with Gasteiger partial charge in [-0.2, -0.15) is 0 Å². The van der Waals surface area contributed by atoms with Crippen LogP contribution in [0.2, 0.25) is 0 Å². The van der Waals surface area contributed by atoms with E-state index in [9.17, 15) is 10.0 Å². The van der Waals surface area contributed by atoms with Gasteiger partial charge in [-0.15, -0.1) is 4.91 Å². The van der Waals surface area contributed by atoms with Gasteiger partial charge in [-0.25, -0.2) is 0 Å². The number of nitrogens with zero attached hydrogens (tertiary/aromatic N) is 2. The fourth-order valence-electron chi connectivity index (χ4n) is 3.55. The third kappa shape index (κ3) is 3.76. The molecule has 0 aliphatic rings. The van der Waals surface area contributed by atoms with E-state index >= 15 is 0 Å². The first kappa shape index (κ1) is 19.2. The lowest BCUT2D eigenvalue weighted by Gasteiger charge is -2.14. The van der Waals surface area contributed by atoms with Gasteiger partial charge < -0.3 is 14.4 Å². The van der Waals surface area contributed by atoms with Gasteiger partial charge in [0, 0.05) is 15.4 Å². The van der Waals surface area contributed by atoms with Crippen LogP contribution in [-0.4, -0.2) is 9.67 Å². The van der Waals surface area contributed by atoms with Crippen LogP contribution < -0.4 is 4.74 Å². The predicted molar refractivity (Wildman–Crippen MR) is 118 cm³/mol.